The Morgan fingerprint density at radius 1 is 1.12 bits per heavy atom. The van der Waals surface area contributed by atoms with E-state index in [0.717, 1.165) is 37.0 Å². The predicted octanol–water partition coefficient (Wildman–Crippen LogP) is 2.11. The van der Waals surface area contributed by atoms with Crippen LogP contribution in [0.4, 0.5) is 6.01 Å². The number of rotatable bonds is 6. The van der Waals surface area contributed by atoms with Gasteiger partial charge in [-0.05, 0) is 49.9 Å². The molecule has 2 heterocycles. The van der Waals surface area contributed by atoms with Gasteiger partial charge in [-0.3, -0.25) is 0 Å². The lowest BCUT2D eigenvalue weighted by Gasteiger charge is -2.31. The Labute approximate surface area is 152 Å². The van der Waals surface area contributed by atoms with E-state index in [0.29, 0.717) is 25.0 Å². The molecule has 1 aliphatic carbocycles. The van der Waals surface area contributed by atoms with Crippen molar-refractivity contribution < 1.29 is 17.6 Å². The van der Waals surface area contributed by atoms with Crippen LogP contribution in [0, 0.1) is 0 Å². The highest BCUT2D eigenvalue weighted by atomic mass is 32.2. The lowest BCUT2D eigenvalue weighted by molar-refractivity contribution is 0.326. The summed E-state index contributed by atoms with van der Waals surface area (Å²) in [5.74, 6) is 1.20. The highest BCUT2D eigenvalue weighted by Crippen LogP contribution is 2.32. The van der Waals surface area contributed by atoms with Gasteiger partial charge in [0.25, 0.3) is 0 Å². The topological polar surface area (TPSA) is 97.6 Å². The number of hydrogen-bond acceptors (Lipinski definition) is 7. The third-order valence-corrected chi connectivity index (χ3v) is 7.25. The number of sulfonamides is 1. The Hall–Kier alpha value is -2.13. The van der Waals surface area contributed by atoms with Crippen LogP contribution < -0.4 is 10.1 Å². The van der Waals surface area contributed by atoms with Gasteiger partial charge in [0, 0.05) is 24.7 Å². The highest BCUT2D eigenvalue weighted by Gasteiger charge is 2.41. The summed E-state index contributed by atoms with van der Waals surface area (Å²) in [5.41, 5.74) is 0.816. The molecule has 4 rings (SSSR count). The van der Waals surface area contributed by atoms with Crippen molar-refractivity contribution in [1.29, 1.82) is 0 Å². The molecule has 0 unspecified atom stereocenters. The Morgan fingerprint density at radius 3 is 2.42 bits per heavy atom. The third-order valence-electron chi connectivity index (χ3n) is 4.85. The molecule has 26 heavy (non-hydrogen) atoms. The van der Waals surface area contributed by atoms with E-state index in [4.69, 9.17) is 9.15 Å². The molecule has 1 saturated carbocycles. The first kappa shape index (κ1) is 17.3. The molecule has 1 N–H and O–H groups in total. The van der Waals surface area contributed by atoms with E-state index in [1.165, 1.54) is 0 Å². The molecule has 1 aromatic heterocycles. The van der Waals surface area contributed by atoms with Gasteiger partial charge in [-0.15, -0.1) is 5.10 Å². The molecule has 8 nitrogen and oxygen atoms in total. The molecule has 140 valence electrons. The van der Waals surface area contributed by atoms with Crippen molar-refractivity contribution in [2.24, 2.45) is 0 Å². The minimum atomic E-state index is -3.08. The number of aromatic nitrogens is 2. The maximum atomic E-state index is 12.3. The van der Waals surface area contributed by atoms with Crippen LogP contribution >= 0.6 is 0 Å². The summed E-state index contributed by atoms with van der Waals surface area (Å²) in [5, 5.41) is 11.2. The second-order valence-electron chi connectivity index (χ2n) is 6.70. The van der Waals surface area contributed by atoms with E-state index in [9.17, 15) is 8.42 Å². The second-order valence-corrected chi connectivity index (χ2v) is 8.92. The van der Waals surface area contributed by atoms with E-state index in [1.807, 2.05) is 24.3 Å². The highest BCUT2D eigenvalue weighted by molar-refractivity contribution is 7.90. The Morgan fingerprint density at radius 2 is 1.81 bits per heavy atom. The van der Waals surface area contributed by atoms with Crippen LogP contribution in [-0.2, 0) is 10.0 Å². The van der Waals surface area contributed by atoms with Crippen molar-refractivity contribution in [3.63, 3.8) is 0 Å². The molecule has 1 aromatic carbocycles. The minimum Gasteiger partial charge on any atom is -0.497 e. The first-order valence-electron chi connectivity index (χ1n) is 8.79. The van der Waals surface area contributed by atoms with Gasteiger partial charge < -0.3 is 14.5 Å². The van der Waals surface area contributed by atoms with Gasteiger partial charge in [-0.25, -0.2) is 12.7 Å². The van der Waals surface area contributed by atoms with E-state index >= 15 is 0 Å². The fourth-order valence-corrected chi connectivity index (χ4v) is 5.01. The largest absolute Gasteiger partial charge is 0.497 e. The van der Waals surface area contributed by atoms with Crippen LogP contribution in [0.25, 0.3) is 11.5 Å². The lowest BCUT2D eigenvalue weighted by Crippen LogP contribution is -2.43. The SMILES string of the molecule is COc1ccc(-c2nnc(NC3CCN(S(=O)(=O)C4CC4)CC3)o2)cc1. The van der Waals surface area contributed by atoms with Crippen molar-refractivity contribution >= 4 is 16.0 Å². The van der Waals surface area contributed by atoms with Crippen molar-refractivity contribution in [1.82, 2.24) is 14.5 Å². The summed E-state index contributed by atoms with van der Waals surface area (Å²) in [6.45, 7) is 1.08. The molecule has 0 amide bonds. The number of hydrogen-bond donors (Lipinski definition) is 1. The third kappa shape index (κ3) is 3.54. The van der Waals surface area contributed by atoms with E-state index < -0.39 is 10.0 Å². The number of nitrogens with zero attached hydrogens (tertiary/aromatic N) is 3. The quantitative estimate of drug-likeness (QED) is 0.822. The van der Waals surface area contributed by atoms with Crippen LogP contribution in [0.5, 0.6) is 5.75 Å². The fourth-order valence-electron chi connectivity index (χ4n) is 3.14. The maximum absolute atomic E-state index is 12.3. The molecule has 0 radical (unpaired) electrons. The van der Waals surface area contributed by atoms with Crippen LogP contribution in [-0.4, -0.2) is 54.4 Å². The van der Waals surface area contributed by atoms with Gasteiger partial charge in [-0.2, -0.15) is 0 Å². The lowest BCUT2D eigenvalue weighted by atomic mass is 10.1. The number of nitrogens with one attached hydrogen (secondary N) is 1. The molecule has 1 saturated heterocycles. The molecule has 0 atom stereocenters. The number of ether oxygens (including phenoxy) is 1. The summed E-state index contributed by atoms with van der Waals surface area (Å²) in [6.07, 6.45) is 3.06. The average molecular weight is 378 g/mol. The summed E-state index contributed by atoms with van der Waals surface area (Å²) in [4.78, 5) is 0. The Kier molecular flexibility index (Phi) is 4.58. The van der Waals surface area contributed by atoms with Gasteiger partial charge >= 0.3 is 6.01 Å². The molecule has 0 bridgehead atoms. The minimum absolute atomic E-state index is 0.129. The molecule has 2 aliphatic rings. The molecule has 2 fully saturated rings. The van der Waals surface area contributed by atoms with E-state index in [-0.39, 0.29) is 11.3 Å². The monoisotopic (exact) mass is 378 g/mol. The van der Waals surface area contributed by atoms with Crippen molar-refractivity contribution in [3.8, 4) is 17.2 Å². The fraction of sp³-hybridized carbons (Fsp3) is 0.529. The van der Waals surface area contributed by atoms with Gasteiger partial charge in [0.1, 0.15) is 5.75 Å². The Bertz CT molecular complexity index is 853. The molecule has 2 aromatic rings. The summed E-state index contributed by atoms with van der Waals surface area (Å²) in [7, 11) is -1.46. The summed E-state index contributed by atoms with van der Waals surface area (Å²) < 4.78 is 37.0. The number of anilines is 1. The van der Waals surface area contributed by atoms with Crippen LogP contribution in [0.1, 0.15) is 25.7 Å². The zero-order valence-corrected chi connectivity index (χ0v) is 15.4. The van der Waals surface area contributed by atoms with E-state index in [1.54, 1.807) is 11.4 Å². The molecule has 0 spiro atoms. The number of benzene rings is 1. The first-order valence-corrected chi connectivity index (χ1v) is 10.3. The van der Waals surface area contributed by atoms with E-state index in [2.05, 4.69) is 15.5 Å². The van der Waals surface area contributed by atoms with Crippen LogP contribution in [0.15, 0.2) is 28.7 Å². The smallest absolute Gasteiger partial charge is 0.315 e. The molecule has 9 heteroatoms. The van der Waals surface area contributed by atoms with Crippen molar-refractivity contribution in [2.75, 3.05) is 25.5 Å². The summed E-state index contributed by atoms with van der Waals surface area (Å²) >= 11 is 0. The molecule has 1 aliphatic heterocycles. The van der Waals surface area contributed by atoms with Crippen LogP contribution in [0.2, 0.25) is 0 Å². The Balaban J connectivity index is 1.34. The standard InChI is InChI=1S/C17H22N4O4S/c1-24-14-4-2-12(3-5-14)16-19-20-17(25-16)18-13-8-10-21(11-9-13)26(22,23)15-6-7-15/h2-5,13,15H,6-11H2,1H3,(H,18,20). The van der Waals surface area contributed by atoms with Gasteiger partial charge in [0.15, 0.2) is 0 Å². The normalized spacial score (nSPS) is 19.4. The zero-order valence-electron chi connectivity index (χ0n) is 14.6. The predicted molar refractivity (Wildman–Crippen MR) is 96.4 cm³/mol. The van der Waals surface area contributed by atoms with Gasteiger partial charge in [-0.1, -0.05) is 5.10 Å². The zero-order chi connectivity index (χ0) is 18.1. The maximum Gasteiger partial charge on any atom is 0.315 e. The first-order chi connectivity index (χ1) is 12.6. The second kappa shape index (κ2) is 6.88. The number of piperidine rings is 1. The molecular formula is C17H22N4O4S. The van der Waals surface area contributed by atoms with Gasteiger partial charge in [0.05, 0.1) is 12.4 Å². The van der Waals surface area contributed by atoms with Crippen molar-refractivity contribution in [3.05, 3.63) is 24.3 Å². The van der Waals surface area contributed by atoms with Crippen molar-refractivity contribution in [2.45, 2.75) is 37.0 Å². The summed E-state index contributed by atoms with van der Waals surface area (Å²) in [6, 6.07) is 7.88. The van der Waals surface area contributed by atoms with Crippen LogP contribution in [0.3, 0.4) is 0 Å². The number of methoxy groups -OCH3 is 1. The average Bonchev–Trinajstić information content (AvgIpc) is 3.43. The molecular weight excluding hydrogens is 356 g/mol. The van der Waals surface area contributed by atoms with Gasteiger partial charge in [0.2, 0.25) is 15.9 Å².